The molecule has 0 amide bonds. The van der Waals surface area contributed by atoms with Crippen LogP contribution in [0.2, 0.25) is 0 Å². The Balaban J connectivity index is 1.77. The van der Waals surface area contributed by atoms with Gasteiger partial charge in [0.25, 0.3) is 0 Å². The Kier molecular flexibility index (Phi) is 4.29. The second kappa shape index (κ2) is 6.73. The van der Waals surface area contributed by atoms with Gasteiger partial charge in [-0.1, -0.05) is 66.2 Å². The van der Waals surface area contributed by atoms with Gasteiger partial charge >= 0.3 is 0 Å². The highest BCUT2D eigenvalue weighted by Gasteiger charge is 2.24. The zero-order chi connectivity index (χ0) is 17.2. The molecule has 3 aromatic rings. The van der Waals surface area contributed by atoms with Gasteiger partial charge in [0.1, 0.15) is 5.16 Å². The van der Waals surface area contributed by atoms with Crippen LogP contribution >= 0.6 is 11.6 Å². The Bertz CT molecular complexity index is 917. The van der Waals surface area contributed by atoms with Gasteiger partial charge in [-0.2, -0.15) is 0 Å². The van der Waals surface area contributed by atoms with Crippen molar-refractivity contribution in [3.63, 3.8) is 0 Å². The van der Waals surface area contributed by atoms with Crippen LogP contribution in [-0.2, 0) is 13.1 Å². The molecule has 0 saturated heterocycles. The summed E-state index contributed by atoms with van der Waals surface area (Å²) in [4.78, 5) is 6.65. The van der Waals surface area contributed by atoms with Crippen molar-refractivity contribution in [1.82, 2.24) is 9.88 Å². The molecule has 0 spiro atoms. The second-order valence-electron chi connectivity index (χ2n) is 6.29. The fourth-order valence-corrected chi connectivity index (χ4v) is 3.64. The molecule has 0 N–H and O–H groups in total. The third-order valence-electron chi connectivity index (χ3n) is 4.68. The van der Waals surface area contributed by atoms with Crippen LogP contribution in [0.1, 0.15) is 23.7 Å². The van der Waals surface area contributed by atoms with E-state index in [0.29, 0.717) is 6.54 Å². The summed E-state index contributed by atoms with van der Waals surface area (Å²) in [5, 5.41) is 0.809. The SMILES string of the molecule is CC1=C(Cl)N(Cc2ccccn2)Cc2c1cccc2-c1ccccc1. The Morgan fingerprint density at radius 3 is 2.44 bits per heavy atom. The maximum absolute atomic E-state index is 6.69. The Morgan fingerprint density at radius 1 is 0.920 bits per heavy atom. The minimum absolute atomic E-state index is 0.708. The molecule has 3 heteroatoms. The fourth-order valence-electron chi connectivity index (χ4n) is 3.42. The molecule has 0 radical (unpaired) electrons. The molecule has 0 fully saturated rings. The molecule has 0 unspecified atom stereocenters. The van der Waals surface area contributed by atoms with Crippen LogP contribution in [0.4, 0.5) is 0 Å². The van der Waals surface area contributed by atoms with Gasteiger partial charge in [0.2, 0.25) is 0 Å². The van der Waals surface area contributed by atoms with Crippen molar-refractivity contribution in [2.75, 3.05) is 0 Å². The minimum Gasteiger partial charge on any atom is -0.352 e. The number of rotatable bonds is 3. The average Bonchev–Trinajstić information content (AvgIpc) is 2.67. The minimum atomic E-state index is 0.708. The first-order valence-corrected chi connectivity index (χ1v) is 8.81. The summed E-state index contributed by atoms with van der Waals surface area (Å²) in [5.41, 5.74) is 7.22. The normalized spacial score (nSPS) is 13.8. The maximum Gasteiger partial charge on any atom is 0.109 e. The molecular weight excluding hydrogens is 328 g/mol. The van der Waals surface area contributed by atoms with E-state index >= 15 is 0 Å². The Morgan fingerprint density at radius 2 is 1.68 bits per heavy atom. The van der Waals surface area contributed by atoms with Crippen molar-refractivity contribution in [3.8, 4) is 11.1 Å². The quantitative estimate of drug-likeness (QED) is 0.566. The van der Waals surface area contributed by atoms with Crippen molar-refractivity contribution >= 4 is 17.2 Å². The number of hydrogen-bond donors (Lipinski definition) is 0. The van der Waals surface area contributed by atoms with Gasteiger partial charge in [-0.25, -0.2) is 0 Å². The summed E-state index contributed by atoms with van der Waals surface area (Å²) in [5.74, 6) is 0. The first kappa shape index (κ1) is 15.9. The van der Waals surface area contributed by atoms with Gasteiger partial charge in [0, 0.05) is 12.7 Å². The number of pyridine rings is 1. The molecule has 124 valence electrons. The van der Waals surface area contributed by atoms with Crippen LogP contribution < -0.4 is 0 Å². The van der Waals surface area contributed by atoms with Crippen molar-refractivity contribution < 1.29 is 0 Å². The molecule has 0 atom stereocenters. The number of halogens is 1. The summed E-state index contributed by atoms with van der Waals surface area (Å²) in [6, 6.07) is 23.0. The first-order chi connectivity index (χ1) is 12.2. The number of allylic oxidation sites excluding steroid dienone is 1. The molecule has 1 aliphatic heterocycles. The van der Waals surface area contributed by atoms with Crippen LogP contribution in [0.5, 0.6) is 0 Å². The molecule has 2 aromatic carbocycles. The van der Waals surface area contributed by atoms with E-state index in [-0.39, 0.29) is 0 Å². The van der Waals surface area contributed by atoms with E-state index < -0.39 is 0 Å². The zero-order valence-corrected chi connectivity index (χ0v) is 14.9. The van der Waals surface area contributed by atoms with Gasteiger partial charge in [-0.05, 0) is 46.9 Å². The Hall–Kier alpha value is -2.58. The van der Waals surface area contributed by atoms with Crippen LogP contribution in [-0.4, -0.2) is 9.88 Å². The lowest BCUT2D eigenvalue weighted by molar-refractivity contribution is 0.342. The molecular formula is C22H19ClN2. The molecule has 1 aliphatic rings. The summed E-state index contributed by atoms with van der Waals surface area (Å²) in [6.45, 7) is 3.59. The van der Waals surface area contributed by atoms with E-state index in [0.717, 1.165) is 23.0 Å². The molecule has 0 bridgehead atoms. The van der Waals surface area contributed by atoms with Crippen molar-refractivity contribution in [3.05, 3.63) is 94.9 Å². The second-order valence-corrected chi connectivity index (χ2v) is 6.65. The van der Waals surface area contributed by atoms with Gasteiger partial charge in [-0.3, -0.25) is 4.98 Å². The number of fused-ring (bicyclic) bond motifs is 1. The molecule has 25 heavy (non-hydrogen) atoms. The predicted molar refractivity (Wildman–Crippen MR) is 104 cm³/mol. The van der Waals surface area contributed by atoms with Crippen LogP contribution in [0.25, 0.3) is 16.7 Å². The van der Waals surface area contributed by atoms with Crippen molar-refractivity contribution in [2.45, 2.75) is 20.0 Å². The molecule has 1 aromatic heterocycles. The average molecular weight is 347 g/mol. The summed E-state index contributed by atoms with van der Waals surface area (Å²) < 4.78 is 0. The van der Waals surface area contributed by atoms with E-state index in [1.165, 1.54) is 22.3 Å². The number of hydrogen-bond acceptors (Lipinski definition) is 2. The van der Waals surface area contributed by atoms with E-state index in [9.17, 15) is 0 Å². The lowest BCUT2D eigenvalue weighted by Crippen LogP contribution is -2.25. The van der Waals surface area contributed by atoms with Crippen LogP contribution in [0, 0.1) is 0 Å². The number of benzene rings is 2. The predicted octanol–water partition coefficient (Wildman–Crippen LogP) is 5.69. The van der Waals surface area contributed by atoms with Crippen molar-refractivity contribution in [2.24, 2.45) is 0 Å². The third-order valence-corrected chi connectivity index (χ3v) is 5.20. The highest BCUT2D eigenvalue weighted by atomic mass is 35.5. The van der Waals surface area contributed by atoms with E-state index in [4.69, 9.17) is 11.6 Å². The number of nitrogens with zero attached hydrogens (tertiary/aromatic N) is 2. The largest absolute Gasteiger partial charge is 0.352 e. The topological polar surface area (TPSA) is 16.1 Å². The van der Waals surface area contributed by atoms with Gasteiger partial charge in [0.05, 0.1) is 12.2 Å². The van der Waals surface area contributed by atoms with E-state index in [2.05, 4.69) is 59.3 Å². The van der Waals surface area contributed by atoms with Gasteiger partial charge in [0.15, 0.2) is 0 Å². The third kappa shape index (κ3) is 3.06. The Labute approximate surface area is 153 Å². The van der Waals surface area contributed by atoms with E-state index in [1.807, 2.05) is 30.5 Å². The molecule has 2 nitrogen and oxygen atoms in total. The van der Waals surface area contributed by atoms with Crippen molar-refractivity contribution in [1.29, 1.82) is 0 Å². The zero-order valence-electron chi connectivity index (χ0n) is 14.1. The van der Waals surface area contributed by atoms with E-state index in [1.54, 1.807) is 0 Å². The lowest BCUT2D eigenvalue weighted by atomic mass is 9.90. The molecule has 0 saturated carbocycles. The first-order valence-electron chi connectivity index (χ1n) is 8.43. The molecule has 4 rings (SSSR count). The van der Waals surface area contributed by atoms with Gasteiger partial charge < -0.3 is 4.90 Å². The van der Waals surface area contributed by atoms with Gasteiger partial charge in [-0.15, -0.1) is 0 Å². The summed E-state index contributed by atoms with van der Waals surface area (Å²) >= 11 is 6.69. The van der Waals surface area contributed by atoms with Crippen LogP contribution in [0.15, 0.2) is 78.1 Å². The molecule has 2 heterocycles. The van der Waals surface area contributed by atoms with Crippen LogP contribution in [0.3, 0.4) is 0 Å². The molecule has 0 aliphatic carbocycles. The highest BCUT2D eigenvalue weighted by molar-refractivity contribution is 6.32. The standard InChI is InChI=1S/C22H19ClN2/c1-16-19-11-7-12-20(17-8-3-2-4-9-17)21(19)15-25(22(16)23)14-18-10-5-6-13-24-18/h2-13H,14-15H2,1H3. The fraction of sp³-hybridized carbons (Fsp3) is 0.136. The summed E-state index contributed by atoms with van der Waals surface area (Å²) in [7, 11) is 0. The highest BCUT2D eigenvalue weighted by Crippen LogP contribution is 2.38. The maximum atomic E-state index is 6.69. The lowest BCUT2D eigenvalue weighted by Gasteiger charge is -2.32. The summed E-state index contributed by atoms with van der Waals surface area (Å²) in [6.07, 6.45) is 1.83. The number of aromatic nitrogens is 1. The monoisotopic (exact) mass is 346 g/mol. The smallest absolute Gasteiger partial charge is 0.109 e.